The van der Waals surface area contributed by atoms with Crippen LogP contribution in [0.15, 0.2) is 41.1 Å². The van der Waals surface area contributed by atoms with E-state index in [-0.39, 0.29) is 12.1 Å². The van der Waals surface area contributed by atoms with Crippen molar-refractivity contribution in [2.24, 2.45) is 7.05 Å². The number of aromatic nitrogens is 2. The standard InChI is InChI=1S/C16H19BrN4O2/c1-20-10-12(9-19-20)8-18-16(22)21-5-6-23-15(11-21)13-3-2-4-14(17)7-13/h2-4,7,9-10,15H,5-6,8,11H2,1H3,(H,18,22). The van der Waals surface area contributed by atoms with Crippen LogP contribution in [0.25, 0.3) is 0 Å². The van der Waals surface area contributed by atoms with Crippen LogP contribution >= 0.6 is 15.9 Å². The Hall–Kier alpha value is -1.86. The highest BCUT2D eigenvalue weighted by molar-refractivity contribution is 9.10. The van der Waals surface area contributed by atoms with Crippen LogP contribution < -0.4 is 5.32 Å². The van der Waals surface area contributed by atoms with E-state index in [0.29, 0.717) is 26.2 Å². The molecular weight excluding hydrogens is 360 g/mol. The summed E-state index contributed by atoms with van der Waals surface area (Å²) in [6.07, 6.45) is 3.55. The molecule has 1 unspecified atom stereocenters. The number of hydrogen-bond donors (Lipinski definition) is 1. The van der Waals surface area contributed by atoms with E-state index in [2.05, 4.69) is 26.3 Å². The third-order valence-corrected chi connectivity index (χ3v) is 4.27. The SMILES string of the molecule is Cn1cc(CNC(=O)N2CCOC(c3cccc(Br)c3)C2)cn1. The first-order chi connectivity index (χ1) is 11.1. The van der Waals surface area contributed by atoms with Crippen LogP contribution in [0.5, 0.6) is 0 Å². The molecule has 7 heteroatoms. The van der Waals surface area contributed by atoms with Crippen molar-refractivity contribution in [2.75, 3.05) is 19.7 Å². The van der Waals surface area contributed by atoms with Crippen LogP contribution in [0.3, 0.4) is 0 Å². The fraction of sp³-hybridized carbons (Fsp3) is 0.375. The minimum Gasteiger partial charge on any atom is -0.370 e. The number of hydrogen-bond acceptors (Lipinski definition) is 3. The fourth-order valence-electron chi connectivity index (χ4n) is 2.59. The molecule has 2 aromatic rings. The average Bonchev–Trinajstić information content (AvgIpc) is 2.98. The van der Waals surface area contributed by atoms with Gasteiger partial charge >= 0.3 is 6.03 Å². The summed E-state index contributed by atoms with van der Waals surface area (Å²) in [4.78, 5) is 14.1. The fourth-order valence-corrected chi connectivity index (χ4v) is 3.01. The zero-order valence-corrected chi connectivity index (χ0v) is 14.5. The average molecular weight is 379 g/mol. The number of carbonyl (C=O) groups is 1. The van der Waals surface area contributed by atoms with E-state index >= 15 is 0 Å². The molecule has 2 heterocycles. The quantitative estimate of drug-likeness (QED) is 0.892. The number of ether oxygens (including phenoxy) is 1. The minimum atomic E-state index is -0.0922. The van der Waals surface area contributed by atoms with Crippen molar-refractivity contribution in [1.29, 1.82) is 0 Å². The molecular formula is C16H19BrN4O2. The third-order valence-electron chi connectivity index (χ3n) is 3.78. The first-order valence-corrected chi connectivity index (χ1v) is 8.28. The van der Waals surface area contributed by atoms with Gasteiger partial charge in [0.05, 0.1) is 19.3 Å². The van der Waals surface area contributed by atoms with E-state index in [1.807, 2.05) is 37.5 Å². The zero-order chi connectivity index (χ0) is 16.2. The lowest BCUT2D eigenvalue weighted by molar-refractivity contribution is -0.0155. The molecule has 0 radical (unpaired) electrons. The Kier molecular flexibility index (Phi) is 4.97. The Bertz CT molecular complexity index is 688. The van der Waals surface area contributed by atoms with Gasteiger partial charge in [0.25, 0.3) is 0 Å². The van der Waals surface area contributed by atoms with E-state index in [4.69, 9.17) is 4.74 Å². The van der Waals surface area contributed by atoms with Gasteiger partial charge < -0.3 is 15.0 Å². The summed E-state index contributed by atoms with van der Waals surface area (Å²) in [5.41, 5.74) is 2.06. The van der Waals surface area contributed by atoms with Gasteiger partial charge in [-0.1, -0.05) is 28.1 Å². The minimum absolute atomic E-state index is 0.0721. The molecule has 0 saturated carbocycles. The molecule has 1 aromatic heterocycles. The lowest BCUT2D eigenvalue weighted by Crippen LogP contribution is -2.46. The highest BCUT2D eigenvalue weighted by Gasteiger charge is 2.25. The maximum absolute atomic E-state index is 12.3. The lowest BCUT2D eigenvalue weighted by atomic mass is 10.1. The van der Waals surface area contributed by atoms with Gasteiger partial charge in [0.2, 0.25) is 0 Å². The smallest absolute Gasteiger partial charge is 0.317 e. The molecule has 1 saturated heterocycles. The second-order valence-electron chi connectivity index (χ2n) is 5.54. The molecule has 1 aliphatic heterocycles. The molecule has 0 spiro atoms. The molecule has 0 bridgehead atoms. The van der Waals surface area contributed by atoms with Gasteiger partial charge in [-0.3, -0.25) is 4.68 Å². The van der Waals surface area contributed by atoms with Crippen LogP contribution in [-0.4, -0.2) is 40.4 Å². The summed E-state index contributed by atoms with van der Waals surface area (Å²) in [6, 6.07) is 7.93. The number of nitrogens with zero attached hydrogens (tertiary/aromatic N) is 3. The Balaban J connectivity index is 1.58. The molecule has 1 fully saturated rings. The van der Waals surface area contributed by atoms with Gasteiger partial charge in [0, 0.05) is 36.4 Å². The Labute approximate surface area is 143 Å². The maximum atomic E-state index is 12.3. The number of benzene rings is 1. The highest BCUT2D eigenvalue weighted by atomic mass is 79.9. The molecule has 1 N–H and O–H groups in total. The summed E-state index contributed by atoms with van der Waals surface area (Å²) in [5.74, 6) is 0. The van der Waals surface area contributed by atoms with E-state index in [1.54, 1.807) is 15.8 Å². The molecule has 2 amide bonds. The summed E-state index contributed by atoms with van der Waals surface area (Å²) in [7, 11) is 1.86. The van der Waals surface area contributed by atoms with Crippen LogP contribution in [0.4, 0.5) is 4.79 Å². The van der Waals surface area contributed by atoms with Crippen LogP contribution in [0.2, 0.25) is 0 Å². The van der Waals surface area contributed by atoms with Crippen molar-refractivity contribution >= 4 is 22.0 Å². The van der Waals surface area contributed by atoms with E-state index in [9.17, 15) is 4.79 Å². The summed E-state index contributed by atoms with van der Waals surface area (Å²) in [6.45, 7) is 2.17. The van der Waals surface area contributed by atoms with Crippen molar-refractivity contribution in [1.82, 2.24) is 20.0 Å². The van der Waals surface area contributed by atoms with Crippen LogP contribution in [0.1, 0.15) is 17.2 Å². The predicted molar refractivity (Wildman–Crippen MR) is 89.9 cm³/mol. The molecule has 1 aliphatic rings. The van der Waals surface area contributed by atoms with Gasteiger partial charge in [0.15, 0.2) is 0 Å². The summed E-state index contributed by atoms with van der Waals surface area (Å²) < 4.78 is 8.54. The number of urea groups is 1. The monoisotopic (exact) mass is 378 g/mol. The van der Waals surface area contributed by atoms with Crippen molar-refractivity contribution in [3.8, 4) is 0 Å². The van der Waals surface area contributed by atoms with Gasteiger partial charge in [-0.2, -0.15) is 5.10 Å². The largest absolute Gasteiger partial charge is 0.370 e. The topological polar surface area (TPSA) is 59.4 Å². The number of amides is 2. The Morgan fingerprint density at radius 3 is 3.13 bits per heavy atom. The Morgan fingerprint density at radius 2 is 2.39 bits per heavy atom. The first-order valence-electron chi connectivity index (χ1n) is 7.49. The van der Waals surface area contributed by atoms with Crippen LogP contribution in [0, 0.1) is 0 Å². The lowest BCUT2D eigenvalue weighted by Gasteiger charge is -2.33. The first kappa shape index (κ1) is 16.0. The van der Waals surface area contributed by atoms with Gasteiger partial charge in [-0.05, 0) is 17.7 Å². The third kappa shape index (κ3) is 4.11. The Morgan fingerprint density at radius 1 is 1.52 bits per heavy atom. The van der Waals surface area contributed by atoms with Crippen LogP contribution in [-0.2, 0) is 18.3 Å². The van der Waals surface area contributed by atoms with Gasteiger partial charge in [-0.15, -0.1) is 0 Å². The summed E-state index contributed by atoms with van der Waals surface area (Å²) >= 11 is 3.47. The van der Waals surface area contributed by atoms with Gasteiger partial charge in [0.1, 0.15) is 6.10 Å². The molecule has 0 aliphatic carbocycles. The molecule has 122 valence electrons. The zero-order valence-electron chi connectivity index (χ0n) is 12.9. The number of halogens is 1. The summed E-state index contributed by atoms with van der Waals surface area (Å²) in [5, 5.41) is 7.03. The molecule has 23 heavy (non-hydrogen) atoms. The number of morpholine rings is 1. The van der Waals surface area contributed by atoms with E-state index in [1.165, 1.54) is 0 Å². The van der Waals surface area contributed by atoms with Crippen molar-refractivity contribution < 1.29 is 9.53 Å². The van der Waals surface area contributed by atoms with Crippen molar-refractivity contribution in [3.05, 3.63) is 52.3 Å². The number of carbonyl (C=O) groups excluding carboxylic acids is 1. The molecule has 3 rings (SSSR count). The highest BCUT2D eigenvalue weighted by Crippen LogP contribution is 2.24. The second-order valence-corrected chi connectivity index (χ2v) is 6.46. The molecule has 6 nitrogen and oxygen atoms in total. The maximum Gasteiger partial charge on any atom is 0.317 e. The van der Waals surface area contributed by atoms with Crippen molar-refractivity contribution in [2.45, 2.75) is 12.6 Å². The van der Waals surface area contributed by atoms with E-state index in [0.717, 1.165) is 15.6 Å². The number of nitrogens with one attached hydrogen (secondary N) is 1. The number of rotatable bonds is 3. The normalized spacial score (nSPS) is 18.0. The second kappa shape index (κ2) is 7.14. The van der Waals surface area contributed by atoms with Crippen molar-refractivity contribution in [3.63, 3.8) is 0 Å². The van der Waals surface area contributed by atoms with Gasteiger partial charge in [-0.25, -0.2) is 4.79 Å². The molecule has 1 atom stereocenters. The molecule has 1 aromatic carbocycles. The van der Waals surface area contributed by atoms with E-state index < -0.39 is 0 Å². The number of aryl methyl sites for hydroxylation is 1. The predicted octanol–water partition coefficient (Wildman–Crippen LogP) is 2.47.